The Kier molecular flexibility index (Phi) is 4.65. The molecule has 6 nitrogen and oxygen atoms in total. The second-order valence-corrected chi connectivity index (χ2v) is 10.0. The predicted molar refractivity (Wildman–Crippen MR) is 104 cm³/mol. The van der Waals surface area contributed by atoms with Crippen LogP contribution in [0.1, 0.15) is 65.7 Å². The van der Waals surface area contributed by atoms with Gasteiger partial charge in [0, 0.05) is 31.1 Å². The van der Waals surface area contributed by atoms with Crippen molar-refractivity contribution in [1.82, 2.24) is 0 Å². The van der Waals surface area contributed by atoms with Crippen LogP contribution in [0.2, 0.25) is 0 Å². The van der Waals surface area contributed by atoms with Crippen molar-refractivity contribution >= 4 is 23.3 Å². The highest BCUT2D eigenvalue weighted by Crippen LogP contribution is 2.66. The molecule has 0 aromatic carbocycles. The summed E-state index contributed by atoms with van der Waals surface area (Å²) < 4.78 is 4.86. The summed E-state index contributed by atoms with van der Waals surface area (Å²) in [6.45, 7) is 4.76. The number of rotatable bonds is 3. The zero-order chi connectivity index (χ0) is 21.2. The summed E-state index contributed by atoms with van der Waals surface area (Å²) in [6, 6.07) is 0. The quantitative estimate of drug-likeness (QED) is 0.729. The van der Waals surface area contributed by atoms with Crippen LogP contribution in [0.15, 0.2) is 11.6 Å². The van der Waals surface area contributed by atoms with Gasteiger partial charge in [0.15, 0.2) is 12.4 Å². The first-order valence-electron chi connectivity index (χ1n) is 10.7. The van der Waals surface area contributed by atoms with E-state index in [0.717, 1.165) is 18.4 Å². The maximum atomic E-state index is 13.5. The van der Waals surface area contributed by atoms with Crippen LogP contribution in [-0.2, 0) is 23.9 Å². The fourth-order valence-corrected chi connectivity index (χ4v) is 7.13. The molecular formula is C23H30O6. The van der Waals surface area contributed by atoms with Gasteiger partial charge in [-0.15, -0.1) is 0 Å². The number of esters is 1. The van der Waals surface area contributed by atoms with E-state index in [4.69, 9.17) is 4.74 Å². The molecule has 0 bridgehead atoms. The molecule has 0 aromatic rings. The highest BCUT2D eigenvalue weighted by molar-refractivity contribution is 5.95. The summed E-state index contributed by atoms with van der Waals surface area (Å²) >= 11 is 0. The first-order valence-corrected chi connectivity index (χ1v) is 10.7. The average molecular weight is 402 g/mol. The second kappa shape index (κ2) is 6.59. The molecule has 29 heavy (non-hydrogen) atoms. The molecule has 4 aliphatic carbocycles. The molecule has 0 heterocycles. The van der Waals surface area contributed by atoms with Crippen LogP contribution in [0, 0.1) is 28.6 Å². The van der Waals surface area contributed by atoms with Crippen LogP contribution >= 0.6 is 0 Å². The molecule has 6 heteroatoms. The second-order valence-electron chi connectivity index (χ2n) is 10.0. The summed E-state index contributed by atoms with van der Waals surface area (Å²) in [7, 11) is 0. The largest absolute Gasteiger partial charge is 0.458 e. The Hall–Kier alpha value is -1.82. The van der Waals surface area contributed by atoms with Crippen molar-refractivity contribution in [2.75, 3.05) is 6.61 Å². The van der Waals surface area contributed by atoms with Gasteiger partial charge in [-0.3, -0.25) is 19.2 Å². The first-order chi connectivity index (χ1) is 13.5. The Bertz CT molecular complexity index is 827. The number of allylic oxidation sites excluding steroid dienone is 1. The Morgan fingerprint density at radius 1 is 1.17 bits per heavy atom. The standard InChI is InChI=1S/C23H30O6/c1-13(24)29-12-19(27)23(28)9-7-17-16-5-4-14-10-15(25)6-8-21(14,2)20(16)18(26)11-22(17,23)3/h10,16-17,20,28H,4-9,11-12H2,1-3H3/t16-,17-,20+,21-,22+,23-/m1/s1. The van der Waals surface area contributed by atoms with Gasteiger partial charge < -0.3 is 9.84 Å². The zero-order valence-electron chi connectivity index (χ0n) is 17.5. The minimum atomic E-state index is -1.65. The van der Waals surface area contributed by atoms with Crippen LogP contribution < -0.4 is 0 Å². The van der Waals surface area contributed by atoms with E-state index in [2.05, 4.69) is 6.92 Å². The summed E-state index contributed by atoms with van der Waals surface area (Å²) in [5.74, 6) is -0.811. The van der Waals surface area contributed by atoms with Crippen LogP contribution in [0.5, 0.6) is 0 Å². The molecule has 0 aromatic heterocycles. The van der Waals surface area contributed by atoms with Gasteiger partial charge >= 0.3 is 5.97 Å². The topological polar surface area (TPSA) is 97.7 Å². The van der Waals surface area contributed by atoms with E-state index >= 15 is 0 Å². The van der Waals surface area contributed by atoms with Crippen molar-refractivity contribution in [2.24, 2.45) is 28.6 Å². The molecule has 0 amide bonds. The summed E-state index contributed by atoms with van der Waals surface area (Å²) in [4.78, 5) is 49.4. The fourth-order valence-electron chi connectivity index (χ4n) is 7.13. The minimum absolute atomic E-state index is 0.0625. The summed E-state index contributed by atoms with van der Waals surface area (Å²) in [6.07, 6.45) is 5.66. The number of fused-ring (bicyclic) bond motifs is 5. The van der Waals surface area contributed by atoms with Crippen LogP contribution in [0.3, 0.4) is 0 Å². The maximum Gasteiger partial charge on any atom is 0.303 e. The summed E-state index contributed by atoms with van der Waals surface area (Å²) in [5.41, 5.74) is -1.68. The monoisotopic (exact) mass is 402 g/mol. The number of carbonyl (C=O) groups is 4. The van der Waals surface area contributed by atoms with E-state index < -0.39 is 29.4 Å². The lowest BCUT2D eigenvalue weighted by Gasteiger charge is -2.57. The third-order valence-corrected chi connectivity index (χ3v) is 8.67. The lowest BCUT2D eigenvalue weighted by atomic mass is 9.46. The molecule has 4 rings (SSSR count). The molecule has 6 atom stereocenters. The lowest BCUT2D eigenvalue weighted by molar-refractivity contribution is -0.173. The molecule has 0 aliphatic heterocycles. The van der Waals surface area contributed by atoms with Crippen molar-refractivity contribution in [1.29, 1.82) is 0 Å². The summed E-state index contributed by atoms with van der Waals surface area (Å²) in [5, 5.41) is 11.4. The van der Waals surface area contributed by atoms with Crippen molar-refractivity contribution < 1.29 is 29.0 Å². The molecular weight excluding hydrogens is 372 g/mol. The van der Waals surface area contributed by atoms with Gasteiger partial charge in [0.25, 0.3) is 0 Å². The van der Waals surface area contributed by atoms with E-state index in [9.17, 15) is 24.3 Å². The number of ether oxygens (including phenoxy) is 1. The van der Waals surface area contributed by atoms with Gasteiger partial charge in [-0.05, 0) is 55.4 Å². The van der Waals surface area contributed by atoms with Gasteiger partial charge in [0.1, 0.15) is 11.4 Å². The Morgan fingerprint density at radius 3 is 2.59 bits per heavy atom. The number of ketones is 3. The van der Waals surface area contributed by atoms with Crippen LogP contribution in [0.4, 0.5) is 0 Å². The third kappa shape index (κ3) is 2.78. The van der Waals surface area contributed by atoms with E-state index in [1.54, 1.807) is 6.08 Å². The molecule has 3 fully saturated rings. The van der Waals surface area contributed by atoms with Gasteiger partial charge in [-0.1, -0.05) is 19.4 Å². The lowest BCUT2D eigenvalue weighted by Crippen LogP contribution is -2.61. The highest BCUT2D eigenvalue weighted by Gasteiger charge is 2.68. The highest BCUT2D eigenvalue weighted by atomic mass is 16.5. The van der Waals surface area contributed by atoms with E-state index in [0.29, 0.717) is 25.7 Å². The SMILES string of the molecule is CC(=O)OCC(=O)[C@]1(O)CC[C@@H]2[C@H]3CCC4=CC(=O)CC[C@@]4(C)[C@@H]3C(=O)C[C@@]21C. The molecule has 3 saturated carbocycles. The van der Waals surface area contributed by atoms with E-state index in [-0.39, 0.29) is 41.2 Å². The maximum absolute atomic E-state index is 13.5. The molecule has 0 radical (unpaired) electrons. The zero-order valence-corrected chi connectivity index (χ0v) is 17.5. The molecule has 4 aliphatic rings. The third-order valence-electron chi connectivity index (χ3n) is 8.67. The van der Waals surface area contributed by atoms with Crippen LogP contribution in [0.25, 0.3) is 0 Å². The Labute approximate surface area is 171 Å². The molecule has 0 unspecified atom stereocenters. The van der Waals surface area contributed by atoms with Crippen molar-refractivity contribution in [2.45, 2.75) is 71.3 Å². The van der Waals surface area contributed by atoms with Crippen molar-refractivity contribution in [3.8, 4) is 0 Å². The Morgan fingerprint density at radius 2 is 1.90 bits per heavy atom. The number of aliphatic hydroxyl groups is 1. The van der Waals surface area contributed by atoms with Gasteiger partial charge in [0.05, 0.1) is 0 Å². The minimum Gasteiger partial charge on any atom is -0.458 e. The fraction of sp³-hybridized carbons (Fsp3) is 0.739. The smallest absolute Gasteiger partial charge is 0.303 e. The first kappa shape index (κ1) is 20.5. The normalized spacial score (nSPS) is 43.7. The Balaban J connectivity index is 1.66. The van der Waals surface area contributed by atoms with E-state index in [1.807, 2.05) is 6.92 Å². The predicted octanol–water partition coefficient (Wildman–Crippen LogP) is 2.56. The average Bonchev–Trinajstić information content (AvgIpc) is 2.91. The van der Waals surface area contributed by atoms with Crippen molar-refractivity contribution in [3.63, 3.8) is 0 Å². The molecule has 158 valence electrons. The number of hydrogen-bond acceptors (Lipinski definition) is 6. The number of carbonyl (C=O) groups excluding carboxylic acids is 4. The molecule has 1 N–H and O–H groups in total. The van der Waals surface area contributed by atoms with E-state index in [1.165, 1.54) is 6.92 Å². The van der Waals surface area contributed by atoms with Gasteiger partial charge in [-0.2, -0.15) is 0 Å². The van der Waals surface area contributed by atoms with Gasteiger partial charge in [-0.25, -0.2) is 0 Å². The number of Topliss-reactive ketones (excluding diaryl/α,β-unsaturated/α-hetero) is 2. The van der Waals surface area contributed by atoms with Gasteiger partial charge in [0.2, 0.25) is 5.78 Å². The number of hydrogen-bond donors (Lipinski definition) is 1. The molecule has 0 spiro atoms. The van der Waals surface area contributed by atoms with Crippen molar-refractivity contribution in [3.05, 3.63) is 11.6 Å². The van der Waals surface area contributed by atoms with Crippen LogP contribution in [-0.4, -0.2) is 40.6 Å². The molecule has 0 saturated heterocycles.